The van der Waals surface area contributed by atoms with Crippen LogP contribution in [0.5, 0.6) is 0 Å². The Bertz CT molecular complexity index is 715. The Labute approximate surface area is 127 Å². The number of nitriles is 1. The Morgan fingerprint density at radius 3 is 2.95 bits per heavy atom. The number of hydrogen-bond donors (Lipinski definition) is 3. The van der Waals surface area contributed by atoms with E-state index in [2.05, 4.69) is 31.3 Å². The van der Waals surface area contributed by atoms with E-state index < -0.39 is 0 Å². The Morgan fingerprint density at radius 1 is 1.50 bits per heavy atom. The minimum absolute atomic E-state index is 0.0883. The van der Waals surface area contributed by atoms with Crippen molar-refractivity contribution in [2.24, 2.45) is 0 Å². The average molecular weight is 297 g/mol. The van der Waals surface area contributed by atoms with Crippen LogP contribution in [-0.2, 0) is 4.79 Å². The number of nitrogens with one attached hydrogen (secondary N) is 3. The number of anilines is 1. The third-order valence-electron chi connectivity index (χ3n) is 2.90. The molecule has 0 saturated heterocycles. The molecule has 0 aliphatic heterocycles. The SMILES string of the molecule is CC(=O)NC(C)c1cccc(NC=C(C#N)c2nn[nH]n2)c1. The number of allylic oxidation sites excluding steroid dienone is 1. The topological polar surface area (TPSA) is 119 Å². The van der Waals surface area contributed by atoms with E-state index in [1.54, 1.807) is 0 Å². The highest BCUT2D eigenvalue weighted by atomic mass is 16.1. The molecule has 2 aromatic rings. The maximum atomic E-state index is 11.1. The highest BCUT2D eigenvalue weighted by molar-refractivity contribution is 5.74. The first-order chi connectivity index (χ1) is 10.6. The molecule has 1 atom stereocenters. The molecule has 1 amide bonds. The number of carbonyl (C=O) groups excluding carboxylic acids is 1. The van der Waals surface area contributed by atoms with Crippen LogP contribution in [0.4, 0.5) is 5.69 Å². The number of H-pyrrole nitrogens is 1. The van der Waals surface area contributed by atoms with Gasteiger partial charge in [-0.1, -0.05) is 12.1 Å². The average Bonchev–Trinajstić information content (AvgIpc) is 3.02. The van der Waals surface area contributed by atoms with Crippen LogP contribution in [0.2, 0.25) is 0 Å². The fourth-order valence-corrected chi connectivity index (χ4v) is 1.86. The van der Waals surface area contributed by atoms with Crippen molar-refractivity contribution < 1.29 is 4.79 Å². The van der Waals surface area contributed by atoms with Crippen molar-refractivity contribution in [2.75, 3.05) is 5.32 Å². The Morgan fingerprint density at radius 2 is 2.32 bits per heavy atom. The van der Waals surface area contributed by atoms with Crippen LogP contribution in [0.25, 0.3) is 5.57 Å². The highest BCUT2D eigenvalue weighted by Crippen LogP contribution is 2.18. The summed E-state index contributed by atoms with van der Waals surface area (Å²) in [7, 11) is 0. The molecule has 22 heavy (non-hydrogen) atoms. The molecule has 0 spiro atoms. The van der Waals surface area contributed by atoms with Gasteiger partial charge in [-0.15, -0.1) is 10.2 Å². The van der Waals surface area contributed by atoms with Crippen LogP contribution >= 0.6 is 0 Å². The van der Waals surface area contributed by atoms with Crippen LogP contribution in [0, 0.1) is 11.3 Å². The van der Waals surface area contributed by atoms with E-state index in [4.69, 9.17) is 5.26 Å². The molecular weight excluding hydrogens is 282 g/mol. The number of rotatable bonds is 5. The first-order valence-corrected chi connectivity index (χ1v) is 6.58. The van der Waals surface area contributed by atoms with Gasteiger partial charge in [-0.3, -0.25) is 4.79 Å². The summed E-state index contributed by atoms with van der Waals surface area (Å²) in [6, 6.07) is 9.42. The molecule has 0 radical (unpaired) electrons. The second-order valence-electron chi connectivity index (χ2n) is 4.60. The Hall–Kier alpha value is -3.21. The Kier molecular flexibility index (Phi) is 4.82. The molecule has 3 N–H and O–H groups in total. The standard InChI is InChI=1S/C14H15N7O/c1-9(17-10(2)22)11-4-3-5-13(6-11)16-8-12(7-15)14-18-20-21-19-14/h3-6,8-9,16H,1-2H3,(H,17,22)(H,18,19,20,21). The summed E-state index contributed by atoms with van der Waals surface area (Å²) in [5.41, 5.74) is 1.99. The summed E-state index contributed by atoms with van der Waals surface area (Å²) in [4.78, 5) is 11.1. The summed E-state index contributed by atoms with van der Waals surface area (Å²) < 4.78 is 0. The summed E-state index contributed by atoms with van der Waals surface area (Å²) in [6.07, 6.45) is 1.51. The van der Waals surface area contributed by atoms with Gasteiger partial charge < -0.3 is 10.6 Å². The molecule has 112 valence electrons. The van der Waals surface area contributed by atoms with Crippen molar-refractivity contribution in [1.29, 1.82) is 5.26 Å². The van der Waals surface area contributed by atoms with E-state index in [0.29, 0.717) is 0 Å². The number of carbonyl (C=O) groups is 1. The molecule has 0 fully saturated rings. The van der Waals surface area contributed by atoms with E-state index in [9.17, 15) is 4.79 Å². The van der Waals surface area contributed by atoms with E-state index in [1.807, 2.05) is 37.3 Å². The second kappa shape index (κ2) is 6.99. The number of nitrogens with zero attached hydrogens (tertiary/aromatic N) is 4. The number of amides is 1. The molecule has 1 heterocycles. The number of aromatic nitrogens is 4. The van der Waals surface area contributed by atoms with Gasteiger partial charge in [-0.25, -0.2) is 0 Å². The molecule has 2 rings (SSSR count). The smallest absolute Gasteiger partial charge is 0.217 e. The summed E-state index contributed by atoms with van der Waals surface area (Å²) in [5, 5.41) is 28.1. The maximum absolute atomic E-state index is 11.1. The fraction of sp³-hybridized carbons (Fsp3) is 0.214. The maximum Gasteiger partial charge on any atom is 0.217 e. The van der Waals surface area contributed by atoms with Crippen LogP contribution in [-0.4, -0.2) is 26.5 Å². The second-order valence-corrected chi connectivity index (χ2v) is 4.60. The molecular formula is C14H15N7O. The van der Waals surface area contributed by atoms with E-state index in [0.717, 1.165) is 11.3 Å². The first kappa shape index (κ1) is 15.2. The number of tetrazole rings is 1. The van der Waals surface area contributed by atoms with E-state index in [-0.39, 0.29) is 23.3 Å². The fourth-order valence-electron chi connectivity index (χ4n) is 1.86. The highest BCUT2D eigenvalue weighted by Gasteiger charge is 2.08. The first-order valence-electron chi connectivity index (χ1n) is 6.58. The van der Waals surface area contributed by atoms with Gasteiger partial charge in [0.1, 0.15) is 11.6 Å². The van der Waals surface area contributed by atoms with Crippen molar-refractivity contribution in [1.82, 2.24) is 25.9 Å². The van der Waals surface area contributed by atoms with Gasteiger partial charge in [0.05, 0.1) is 6.04 Å². The van der Waals surface area contributed by atoms with Crippen molar-refractivity contribution in [2.45, 2.75) is 19.9 Å². The lowest BCUT2D eigenvalue weighted by molar-refractivity contribution is -0.119. The normalized spacial score (nSPS) is 12.3. The molecule has 0 saturated carbocycles. The zero-order chi connectivity index (χ0) is 15.9. The molecule has 0 bridgehead atoms. The van der Waals surface area contributed by atoms with Gasteiger partial charge in [0, 0.05) is 18.8 Å². The zero-order valence-corrected chi connectivity index (χ0v) is 12.2. The van der Waals surface area contributed by atoms with Crippen molar-refractivity contribution in [3.63, 3.8) is 0 Å². The van der Waals surface area contributed by atoms with E-state index >= 15 is 0 Å². The minimum Gasteiger partial charge on any atom is -0.360 e. The quantitative estimate of drug-likeness (QED) is 0.717. The molecule has 0 aliphatic carbocycles. The van der Waals surface area contributed by atoms with Crippen molar-refractivity contribution in [3.05, 3.63) is 41.9 Å². The van der Waals surface area contributed by atoms with Crippen LogP contribution in [0.1, 0.15) is 31.3 Å². The third-order valence-corrected chi connectivity index (χ3v) is 2.90. The van der Waals surface area contributed by atoms with Gasteiger partial charge in [-0.05, 0) is 29.8 Å². The number of aromatic amines is 1. The minimum atomic E-state index is -0.101. The molecule has 8 nitrogen and oxygen atoms in total. The molecule has 0 aliphatic rings. The predicted octanol–water partition coefficient (Wildman–Crippen LogP) is 1.37. The molecule has 8 heteroatoms. The number of hydrogen-bond acceptors (Lipinski definition) is 6. The molecule has 1 unspecified atom stereocenters. The van der Waals surface area contributed by atoms with Gasteiger partial charge >= 0.3 is 0 Å². The number of benzene rings is 1. The largest absolute Gasteiger partial charge is 0.360 e. The van der Waals surface area contributed by atoms with Crippen LogP contribution < -0.4 is 10.6 Å². The van der Waals surface area contributed by atoms with Crippen molar-refractivity contribution in [3.8, 4) is 6.07 Å². The lowest BCUT2D eigenvalue weighted by Gasteiger charge is -2.14. The molecule has 1 aromatic heterocycles. The summed E-state index contributed by atoms with van der Waals surface area (Å²) in [6.45, 7) is 3.38. The zero-order valence-electron chi connectivity index (χ0n) is 12.2. The molecule has 1 aromatic carbocycles. The lowest BCUT2D eigenvalue weighted by Crippen LogP contribution is -2.23. The monoisotopic (exact) mass is 297 g/mol. The Balaban J connectivity index is 2.14. The van der Waals surface area contributed by atoms with Gasteiger partial charge in [0.15, 0.2) is 0 Å². The van der Waals surface area contributed by atoms with Gasteiger partial charge in [0.2, 0.25) is 11.7 Å². The van der Waals surface area contributed by atoms with Crippen LogP contribution in [0.3, 0.4) is 0 Å². The predicted molar refractivity (Wildman–Crippen MR) is 80.1 cm³/mol. The van der Waals surface area contributed by atoms with Crippen LogP contribution in [0.15, 0.2) is 30.5 Å². The summed E-state index contributed by atoms with van der Waals surface area (Å²) in [5.74, 6) is 0.132. The lowest BCUT2D eigenvalue weighted by atomic mass is 10.1. The van der Waals surface area contributed by atoms with E-state index in [1.165, 1.54) is 13.1 Å². The van der Waals surface area contributed by atoms with Gasteiger partial charge in [0.25, 0.3) is 0 Å². The van der Waals surface area contributed by atoms with Gasteiger partial charge in [-0.2, -0.15) is 10.5 Å². The van der Waals surface area contributed by atoms with Crippen molar-refractivity contribution >= 4 is 17.2 Å². The third kappa shape index (κ3) is 3.89. The summed E-state index contributed by atoms with van der Waals surface area (Å²) >= 11 is 0.